The zero-order valence-corrected chi connectivity index (χ0v) is 18.1. The van der Waals surface area contributed by atoms with Gasteiger partial charge in [0.25, 0.3) is 5.91 Å². The van der Waals surface area contributed by atoms with Crippen LogP contribution in [0, 0.1) is 11.3 Å². The highest BCUT2D eigenvalue weighted by Gasteiger charge is 2.13. The Balaban J connectivity index is 1.87. The molecule has 1 N–H and O–H groups in total. The molecule has 0 spiro atoms. The van der Waals surface area contributed by atoms with Gasteiger partial charge in [-0.2, -0.15) is 5.26 Å². The van der Waals surface area contributed by atoms with Crippen molar-refractivity contribution >= 4 is 40.9 Å². The lowest BCUT2D eigenvalue weighted by atomic mass is 10.1. The number of methoxy groups -OCH3 is 1. The number of rotatable bonds is 7. The number of hydrogen-bond acceptors (Lipinski definition) is 4. The molecule has 0 radical (unpaired) electrons. The maximum absolute atomic E-state index is 12.6. The minimum absolute atomic E-state index is 0.0901. The second-order valence-corrected chi connectivity index (χ2v) is 7.26. The fraction of sp³-hybridized carbons (Fsp3) is 0.0833. The van der Waals surface area contributed by atoms with Gasteiger partial charge in [0.2, 0.25) is 0 Å². The minimum atomic E-state index is -0.558. The molecule has 7 heteroatoms. The van der Waals surface area contributed by atoms with E-state index >= 15 is 0 Å². The number of carbonyl (C=O) groups is 1. The Kier molecular flexibility index (Phi) is 7.55. The van der Waals surface area contributed by atoms with Crippen LogP contribution < -0.4 is 14.8 Å². The first kappa shape index (κ1) is 22.2. The maximum Gasteiger partial charge on any atom is 0.266 e. The molecule has 1 amide bonds. The molecule has 0 saturated heterocycles. The average molecular weight is 453 g/mol. The van der Waals surface area contributed by atoms with Crippen LogP contribution in [0.4, 0.5) is 5.69 Å². The number of hydrogen-bond donors (Lipinski definition) is 1. The minimum Gasteiger partial charge on any atom is -0.497 e. The summed E-state index contributed by atoms with van der Waals surface area (Å²) in [7, 11) is 1.54. The Bertz CT molecular complexity index is 1170. The van der Waals surface area contributed by atoms with Gasteiger partial charge in [-0.05, 0) is 42.5 Å². The van der Waals surface area contributed by atoms with Crippen LogP contribution in [0.25, 0.3) is 6.08 Å². The Labute approximate surface area is 190 Å². The van der Waals surface area contributed by atoms with Crippen molar-refractivity contribution in [2.75, 3.05) is 12.4 Å². The third-order valence-corrected chi connectivity index (χ3v) is 4.91. The molecule has 31 heavy (non-hydrogen) atoms. The van der Waals surface area contributed by atoms with E-state index in [1.165, 1.54) is 6.08 Å². The number of nitriles is 1. The van der Waals surface area contributed by atoms with Crippen molar-refractivity contribution in [3.05, 3.63) is 93.5 Å². The number of halogens is 2. The van der Waals surface area contributed by atoms with E-state index in [0.29, 0.717) is 32.8 Å². The molecular formula is C24H18Cl2N2O3. The summed E-state index contributed by atoms with van der Waals surface area (Å²) >= 11 is 12.2. The first-order valence-corrected chi connectivity index (χ1v) is 9.98. The van der Waals surface area contributed by atoms with Crippen molar-refractivity contribution in [1.82, 2.24) is 0 Å². The van der Waals surface area contributed by atoms with Gasteiger partial charge in [-0.1, -0.05) is 47.5 Å². The molecule has 3 aromatic rings. The lowest BCUT2D eigenvalue weighted by Gasteiger charge is -2.12. The molecule has 0 aromatic heterocycles. The SMILES string of the molecule is COc1ccc(/C=C(\C#N)C(=O)Nc2cccc(Cl)c2)c(OCc2ccccc2Cl)c1. The van der Waals surface area contributed by atoms with E-state index in [0.717, 1.165) is 5.56 Å². The number of nitrogens with zero attached hydrogens (tertiary/aromatic N) is 1. The molecule has 156 valence electrons. The van der Waals surface area contributed by atoms with Crippen molar-refractivity contribution in [1.29, 1.82) is 5.26 Å². The molecule has 0 unspecified atom stereocenters. The molecule has 0 heterocycles. The van der Waals surface area contributed by atoms with E-state index in [1.807, 2.05) is 24.3 Å². The van der Waals surface area contributed by atoms with Gasteiger partial charge in [-0.15, -0.1) is 0 Å². The van der Waals surface area contributed by atoms with E-state index in [2.05, 4.69) is 5.32 Å². The summed E-state index contributed by atoms with van der Waals surface area (Å²) in [4.78, 5) is 12.6. The van der Waals surface area contributed by atoms with Gasteiger partial charge >= 0.3 is 0 Å². The first-order chi connectivity index (χ1) is 15.0. The molecule has 0 fully saturated rings. The van der Waals surface area contributed by atoms with Crippen LogP contribution >= 0.6 is 23.2 Å². The smallest absolute Gasteiger partial charge is 0.266 e. The predicted octanol–water partition coefficient (Wildman–Crippen LogP) is 6.13. The van der Waals surface area contributed by atoms with E-state index in [1.54, 1.807) is 55.6 Å². The highest BCUT2D eigenvalue weighted by molar-refractivity contribution is 6.31. The summed E-state index contributed by atoms with van der Waals surface area (Å²) < 4.78 is 11.2. The molecule has 0 aliphatic carbocycles. The standard InChI is InChI=1S/C24H18Cl2N2O3/c1-30-21-10-9-16(23(13-21)31-15-17-5-2-3-8-22(17)26)11-18(14-27)24(29)28-20-7-4-6-19(25)12-20/h2-13H,15H2,1H3,(H,28,29)/b18-11+. The van der Waals surface area contributed by atoms with Gasteiger partial charge in [-0.3, -0.25) is 4.79 Å². The van der Waals surface area contributed by atoms with Crippen LogP contribution in [0.2, 0.25) is 10.0 Å². The van der Waals surface area contributed by atoms with Gasteiger partial charge in [0.05, 0.1) is 7.11 Å². The molecule has 0 saturated carbocycles. The summed E-state index contributed by atoms with van der Waals surface area (Å²) in [5, 5.41) is 13.3. The monoisotopic (exact) mass is 452 g/mol. The van der Waals surface area contributed by atoms with Crippen LogP contribution in [0.1, 0.15) is 11.1 Å². The lowest BCUT2D eigenvalue weighted by Crippen LogP contribution is -2.13. The molecule has 0 atom stereocenters. The summed E-state index contributed by atoms with van der Waals surface area (Å²) in [5.41, 5.74) is 1.75. The highest BCUT2D eigenvalue weighted by atomic mass is 35.5. The van der Waals surface area contributed by atoms with Crippen LogP contribution in [0.5, 0.6) is 11.5 Å². The number of nitrogens with one attached hydrogen (secondary N) is 1. The fourth-order valence-corrected chi connectivity index (χ4v) is 3.11. The molecule has 0 aliphatic heterocycles. The highest BCUT2D eigenvalue weighted by Crippen LogP contribution is 2.29. The third kappa shape index (κ3) is 6.02. The molecule has 0 aliphatic rings. The van der Waals surface area contributed by atoms with Gasteiger partial charge in [0.1, 0.15) is 29.7 Å². The van der Waals surface area contributed by atoms with Gasteiger partial charge in [0, 0.05) is 32.9 Å². The van der Waals surface area contributed by atoms with E-state index in [4.69, 9.17) is 32.7 Å². The molecule has 3 rings (SSSR count). The topological polar surface area (TPSA) is 71.3 Å². The van der Waals surface area contributed by atoms with Gasteiger partial charge in [0.15, 0.2) is 0 Å². The van der Waals surface area contributed by atoms with Crippen molar-refractivity contribution in [3.63, 3.8) is 0 Å². The summed E-state index contributed by atoms with van der Waals surface area (Å²) in [6.45, 7) is 0.213. The van der Waals surface area contributed by atoms with E-state index < -0.39 is 5.91 Å². The molecule has 5 nitrogen and oxygen atoms in total. The quantitative estimate of drug-likeness (QED) is 0.345. The second kappa shape index (κ2) is 10.5. The summed E-state index contributed by atoms with van der Waals surface area (Å²) in [6.07, 6.45) is 1.46. The predicted molar refractivity (Wildman–Crippen MR) is 122 cm³/mol. The number of anilines is 1. The van der Waals surface area contributed by atoms with Crippen LogP contribution in [-0.2, 0) is 11.4 Å². The van der Waals surface area contributed by atoms with Crippen LogP contribution in [-0.4, -0.2) is 13.0 Å². The van der Waals surface area contributed by atoms with Gasteiger partial charge < -0.3 is 14.8 Å². The zero-order valence-electron chi connectivity index (χ0n) is 16.6. The zero-order chi connectivity index (χ0) is 22.2. The average Bonchev–Trinajstić information content (AvgIpc) is 2.77. The molecule has 3 aromatic carbocycles. The Morgan fingerprint density at radius 3 is 2.61 bits per heavy atom. The summed E-state index contributed by atoms with van der Waals surface area (Å²) in [5.74, 6) is 0.466. The number of carbonyl (C=O) groups excluding carboxylic acids is 1. The van der Waals surface area contributed by atoms with Crippen LogP contribution in [0.3, 0.4) is 0 Å². The fourth-order valence-electron chi connectivity index (χ4n) is 2.73. The van der Waals surface area contributed by atoms with Gasteiger partial charge in [-0.25, -0.2) is 0 Å². The number of benzene rings is 3. The number of ether oxygens (including phenoxy) is 2. The normalized spacial score (nSPS) is 10.8. The van der Waals surface area contributed by atoms with Crippen molar-refractivity contribution in [3.8, 4) is 17.6 Å². The largest absolute Gasteiger partial charge is 0.497 e. The third-order valence-electron chi connectivity index (χ3n) is 4.31. The van der Waals surface area contributed by atoms with Crippen molar-refractivity contribution < 1.29 is 14.3 Å². The van der Waals surface area contributed by atoms with Crippen LogP contribution in [0.15, 0.2) is 72.3 Å². The molecular weight excluding hydrogens is 435 g/mol. The van der Waals surface area contributed by atoms with E-state index in [-0.39, 0.29) is 12.2 Å². The first-order valence-electron chi connectivity index (χ1n) is 9.23. The van der Waals surface area contributed by atoms with Crippen molar-refractivity contribution in [2.24, 2.45) is 0 Å². The Morgan fingerprint density at radius 1 is 1.10 bits per heavy atom. The lowest BCUT2D eigenvalue weighted by molar-refractivity contribution is -0.112. The maximum atomic E-state index is 12.6. The second-order valence-electron chi connectivity index (χ2n) is 6.42. The Hall–Kier alpha value is -3.46. The Morgan fingerprint density at radius 2 is 1.90 bits per heavy atom. The summed E-state index contributed by atoms with van der Waals surface area (Å²) in [6, 6.07) is 21.1. The van der Waals surface area contributed by atoms with E-state index in [9.17, 15) is 10.1 Å². The van der Waals surface area contributed by atoms with Crippen molar-refractivity contribution in [2.45, 2.75) is 6.61 Å². The molecule has 0 bridgehead atoms. The number of amides is 1.